The van der Waals surface area contributed by atoms with E-state index in [9.17, 15) is 41.0 Å². The van der Waals surface area contributed by atoms with Gasteiger partial charge in [-0.2, -0.15) is 26.3 Å². The van der Waals surface area contributed by atoms with Gasteiger partial charge in [-0.1, -0.05) is 31.4 Å². The average molecular weight is 647 g/mol. The lowest BCUT2D eigenvalue weighted by molar-refractivity contribution is -0.294. The van der Waals surface area contributed by atoms with Crippen LogP contribution in [0.3, 0.4) is 0 Å². The molecule has 0 radical (unpaired) electrons. The van der Waals surface area contributed by atoms with E-state index in [1.165, 1.54) is 39.0 Å². The van der Waals surface area contributed by atoms with E-state index in [1.54, 1.807) is 0 Å². The van der Waals surface area contributed by atoms with Crippen molar-refractivity contribution in [2.45, 2.75) is 82.5 Å². The van der Waals surface area contributed by atoms with Gasteiger partial charge in [0.05, 0.1) is 24.0 Å². The maximum absolute atomic E-state index is 14.9. The highest BCUT2D eigenvalue weighted by atomic mass is 19.4. The molecule has 1 aliphatic rings. The minimum absolute atomic E-state index is 0.173. The van der Waals surface area contributed by atoms with Crippen LogP contribution in [0.4, 0.5) is 36.8 Å². The number of aliphatic hydroxyl groups is 1. The van der Waals surface area contributed by atoms with Crippen molar-refractivity contribution in [2.75, 3.05) is 11.9 Å². The topological polar surface area (TPSA) is 137 Å². The number of halogens is 6. The van der Waals surface area contributed by atoms with Crippen molar-refractivity contribution >= 4 is 17.6 Å². The monoisotopic (exact) mass is 646 g/mol. The van der Waals surface area contributed by atoms with Crippen LogP contribution in [-0.2, 0) is 21.3 Å². The summed E-state index contributed by atoms with van der Waals surface area (Å²) in [6.45, 7) is 10.8. The van der Waals surface area contributed by atoms with Crippen LogP contribution in [0.1, 0.15) is 74.8 Å². The first-order valence-corrected chi connectivity index (χ1v) is 13.6. The van der Waals surface area contributed by atoms with Gasteiger partial charge in [0.1, 0.15) is 11.3 Å². The number of hydrogen-bond donors (Lipinski definition) is 2. The second kappa shape index (κ2) is 13.5. The molecule has 10 nitrogen and oxygen atoms in total. The Hall–Kier alpha value is -4.05. The summed E-state index contributed by atoms with van der Waals surface area (Å²) < 4.78 is 103. The van der Waals surface area contributed by atoms with Crippen LogP contribution in [0.2, 0.25) is 0 Å². The first kappa shape index (κ1) is 35.4. The highest BCUT2D eigenvalue weighted by Crippen LogP contribution is 2.47. The summed E-state index contributed by atoms with van der Waals surface area (Å²) in [4.78, 5) is 29.3. The van der Waals surface area contributed by atoms with Crippen LogP contribution in [-0.4, -0.2) is 56.7 Å². The number of nitrogens with zero attached hydrogens (tertiary/aromatic N) is 3. The SMILES string of the molecule is C=C/C=C(\C=C)COC1(C(F)(F)F)CCC(O)CCCC(=O)c2nc(c(NC(=O)OC(C)(C)C)cc2C(F)(F)F)-c2nnc1o2. The normalized spacial score (nSPS) is 20.3. The van der Waals surface area contributed by atoms with Crippen molar-refractivity contribution in [3.05, 3.63) is 60.2 Å². The third-order valence-electron chi connectivity index (χ3n) is 6.51. The second-order valence-electron chi connectivity index (χ2n) is 11.1. The zero-order chi connectivity index (χ0) is 33.8. The maximum atomic E-state index is 14.9. The third-order valence-corrected chi connectivity index (χ3v) is 6.51. The minimum atomic E-state index is -5.22. The Kier molecular flexibility index (Phi) is 10.6. The predicted molar refractivity (Wildman–Crippen MR) is 148 cm³/mol. The summed E-state index contributed by atoms with van der Waals surface area (Å²) in [7, 11) is 0. The average Bonchev–Trinajstić information content (AvgIpc) is 3.39. The number of ketones is 1. The van der Waals surface area contributed by atoms with E-state index in [4.69, 9.17) is 13.9 Å². The highest BCUT2D eigenvalue weighted by molar-refractivity contribution is 5.98. The summed E-state index contributed by atoms with van der Waals surface area (Å²) in [6.07, 6.45) is -11.5. The number of amides is 1. The van der Waals surface area contributed by atoms with E-state index >= 15 is 0 Å². The number of carbonyl (C=O) groups excluding carboxylic acids is 2. The molecule has 1 aliphatic heterocycles. The molecule has 0 saturated heterocycles. The molecular weight excluding hydrogens is 614 g/mol. The number of Topliss-reactive ketones (excluding diaryl/α,β-unsaturated/α-hetero) is 1. The van der Waals surface area contributed by atoms with Crippen molar-refractivity contribution in [3.8, 4) is 11.6 Å². The number of rotatable bonds is 6. The molecule has 2 atom stereocenters. The van der Waals surface area contributed by atoms with E-state index in [0.717, 1.165) is 0 Å². The standard InChI is InChI=1S/C29H32F6N4O6/c1-6-9-16(7-2)15-43-27(29(33,34)35)13-12-17(40)10-8-11-20(41)21-18(28(30,31)32)14-19(36-25(42)45-26(3,4)5)22(37-21)23-38-39-24(27)44-23/h6-7,9,14,17,40H,1-2,8,10-13,15H2,3-5H3,(H,36,42)/b16-9+. The van der Waals surface area contributed by atoms with Crippen molar-refractivity contribution in [1.82, 2.24) is 15.2 Å². The first-order valence-electron chi connectivity index (χ1n) is 13.6. The number of nitrogens with one attached hydrogen (secondary N) is 1. The smallest absolute Gasteiger partial charge is 0.426 e. The minimum Gasteiger partial charge on any atom is -0.444 e. The molecule has 0 fully saturated rings. The van der Waals surface area contributed by atoms with E-state index in [1.807, 2.05) is 0 Å². The molecule has 0 spiro atoms. The van der Waals surface area contributed by atoms with E-state index < -0.39 is 102 Å². The number of allylic oxidation sites excluding steroid dienone is 2. The van der Waals surface area contributed by atoms with Gasteiger partial charge in [-0.25, -0.2) is 9.78 Å². The lowest BCUT2D eigenvalue weighted by Gasteiger charge is -2.33. The third kappa shape index (κ3) is 8.57. The number of aliphatic hydroxyl groups excluding tert-OH is 1. The number of aromatic nitrogens is 3. The van der Waals surface area contributed by atoms with Gasteiger partial charge in [0.25, 0.3) is 11.8 Å². The van der Waals surface area contributed by atoms with Crippen molar-refractivity contribution in [1.29, 1.82) is 0 Å². The van der Waals surface area contributed by atoms with Gasteiger partial charge in [0, 0.05) is 6.42 Å². The number of anilines is 1. The summed E-state index contributed by atoms with van der Waals surface area (Å²) in [5.74, 6) is -3.09. The zero-order valence-electron chi connectivity index (χ0n) is 24.6. The molecule has 0 saturated carbocycles. The van der Waals surface area contributed by atoms with E-state index in [-0.39, 0.29) is 18.4 Å². The number of carbonyl (C=O) groups is 2. The van der Waals surface area contributed by atoms with Crippen LogP contribution in [0.25, 0.3) is 11.6 Å². The highest BCUT2D eigenvalue weighted by Gasteiger charge is 2.61. The van der Waals surface area contributed by atoms with E-state index in [2.05, 4.69) is 33.7 Å². The van der Waals surface area contributed by atoms with Crippen molar-refractivity contribution in [2.24, 2.45) is 0 Å². The van der Waals surface area contributed by atoms with Gasteiger partial charge < -0.3 is 19.0 Å². The number of pyridine rings is 1. The van der Waals surface area contributed by atoms with Gasteiger partial charge in [-0.15, -0.1) is 10.2 Å². The van der Waals surface area contributed by atoms with Crippen LogP contribution in [0, 0.1) is 0 Å². The number of ether oxygens (including phenoxy) is 2. The Bertz CT molecular complexity index is 1460. The molecule has 45 heavy (non-hydrogen) atoms. The van der Waals surface area contributed by atoms with Crippen LogP contribution >= 0.6 is 0 Å². The molecule has 1 amide bonds. The summed E-state index contributed by atoms with van der Waals surface area (Å²) in [5, 5.41) is 19.7. The fourth-order valence-electron chi connectivity index (χ4n) is 4.35. The van der Waals surface area contributed by atoms with Crippen LogP contribution in [0.5, 0.6) is 0 Å². The number of hydrogen-bond acceptors (Lipinski definition) is 9. The molecule has 2 aromatic heterocycles. The molecule has 2 N–H and O–H groups in total. The summed E-state index contributed by atoms with van der Waals surface area (Å²) >= 11 is 0. The second-order valence-corrected chi connectivity index (χ2v) is 11.1. The van der Waals surface area contributed by atoms with Gasteiger partial charge in [0.15, 0.2) is 11.5 Å². The Morgan fingerprint density at radius 1 is 1.16 bits per heavy atom. The Balaban J connectivity index is 2.31. The molecule has 2 unspecified atom stereocenters. The fraction of sp³-hybridized carbons (Fsp3) is 0.483. The van der Waals surface area contributed by atoms with Gasteiger partial charge >= 0.3 is 18.4 Å². The molecule has 0 aromatic carbocycles. The molecule has 0 aliphatic carbocycles. The first-order chi connectivity index (χ1) is 20.8. The van der Waals surface area contributed by atoms with Crippen LogP contribution < -0.4 is 5.32 Å². The van der Waals surface area contributed by atoms with E-state index in [0.29, 0.717) is 6.07 Å². The Morgan fingerprint density at radius 3 is 2.42 bits per heavy atom. The van der Waals surface area contributed by atoms with Crippen molar-refractivity contribution in [3.63, 3.8) is 0 Å². The maximum Gasteiger partial charge on any atom is 0.426 e. The number of fused-ring (bicyclic) bond motifs is 5. The van der Waals surface area contributed by atoms with Gasteiger partial charge in [0.2, 0.25) is 5.60 Å². The Labute approximate surface area is 254 Å². The van der Waals surface area contributed by atoms with Gasteiger partial charge in [-0.05, 0) is 58.1 Å². The molecule has 246 valence electrons. The molecule has 16 heteroatoms. The lowest BCUT2D eigenvalue weighted by atomic mass is 9.92. The quantitative estimate of drug-likeness (QED) is 0.249. The lowest BCUT2D eigenvalue weighted by Crippen LogP contribution is -2.46. The Morgan fingerprint density at radius 2 is 1.84 bits per heavy atom. The number of alkyl halides is 6. The fourth-order valence-corrected chi connectivity index (χ4v) is 4.35. The molecule has 3 rings (SSSR count). The van der Waals surface area contributed by atoms with Crippen molar-refractivity contribution < 1.29 is 54.9 Å². The molecule has 3 heterocycles. The zero-order valence-corrected chi connectivity index (χ0v) is 24.6. The largest absolute Gasteiger partial charge is 0.444 e. The molecular formula is C29H32F6N4O6. The van der Waals surface area contributed by atoms with Gasteiger partial charge in [-0.3, -0.25) is 10.1 Å². The molecule has 2 aromatic rings. The summed E-state index contributed by atoms with van der Waals surface area (Å²) in [6, 6.07) is 0.383. The van der Waals surface area contributed by atoms with Crippen LogP contribution in [0.15, 0.2) is 47.4 Å². The summed E-state index contributed by atoms with van der Waals surface area (Å²) in [5.41, 5.74) is -8.28. The molecule has 4 bridgehead atoms. The predicted octanol–water partition coefficient (Wildman–Crippen LogP) is 7.08.